The first-order valence-electron chi connectivity index (χ1n) is 11.1. The number of carbonyl (C=O) groups excluding carboxylic acids is 1. The van der Waals surface area contributed by atoms with Gasteiger partial charge in [-0.1, -0.05) is 25.6 Å². The SMILES string of the molecule is COc1nc(N)nc2c1ncn2C1CC(COP(=O)(NC(C)C(=O)O)OCCSC(=O)C(C)C)C1. The molecule has 2 unspecified atom stereocenters. The standard InChI is InChI=1S/C20H31N6O7PS/c1-11(2)19(29)35-6-5-32-34(30,25-12(3)18(27)28)33-9-13-7-14(8-13)26-10-22-15-16(26)23-20(21)24-17(15)31-4/h10-14H,5-9H2,1-4H3,(H,25,30)(H,27,28)(H2,21,23,24). The second-order valence-electron chi connectivity index (χ2n) is 8.54. The van der Waals surface area contributed by atoms with Crippen LogP contribution in [-0.2, 0) is 23.2 Å². The molecule has 2 aromatic heterocycles. The molecule has 0 aliphatic heterocycles. The summed E-state index contributed by atoms with van der Waals surface area (Å²) in [5, 5.41) is 11.6. The van der Waals surface area contributed by atoms with Gasteiger partial charge in [-0.3, -0.25) is 18.6 Å². The molecule has 4 N–H and O–H groups in total. The van der Waals surface area contributed by atoms with Crippen molar-refractivity contribution in [3.8, 4) is 5.88 Å². The molecule has 0 radical (unpaired) electrons. The molecule has 15 heteroatoms. The molecule has 194 valence electrons. The third-order valence-electron chi connectivity index (χ3n) is 5.47. The van der Waals surface area contributed by atoms with Crippen molar-refractivity contribution in [2.75, 3.05) is 31.8 Å². The number of hydrogen-bond acceptors (Lipinski definition) is 11. The van der Waals surface area contributed by atoms with Crippen molar-refractivity contribution < 1.29 is 33.0 Å². The number of hydrogen-bond donors (Lipinski definition) is 3. The van der Waals surface area contributed by atoms with E-state index in [1.807, 2.05) is 4.57 Å². The molecule has 0 spiro atoms. The largest absolute Gasteiger partial charge is 0.480 e. The van der Waals surface area contributed by atoms with Crippen LogP contribution in [0.5, 0.6) is 5.88 Å². The van der Waals surface area contributed by atoms with Crippen molar-refractivity contribution in [2.24, 2.45) is 11.8 Å². The Morgan fingerprint density at radius 3 is 2.66 bits per heavy atom. The normalized spacial score (nSPS) is 20.4. The fourth-order valence-corrected chi connectivity index (χ4v) is 5.83. The number of methoxy groups -OCH3 is 1. The number of anilines is 1. The van der Waals surface area contributed by atoms with Crippen molar-refractivity contribution in [1.82, 2.24) is 24.6 Å². The Morgan fingerprint density at radius 2 is 2.03 bits per heavy atom. The summed E-state index contributed by atoms with van der Waals surface area (Å²) in [5.74, 6) is -0.586. The number of ether oxygens (including phenoxy) is 1. The molecule has 1 aliphatic rings. The molecule has 0 amide bonds. The van der Waals surface area contributed by atoms with E-state index >= 15 is 0 Å². The number of carbonyl (C=O) groups is 2. The Kier molecular flexibility index (Phi) is 9.11. The van der Waals surface area contributed by atoms with Crippen LogP contribution in [0.1, 0.15) is 39.7 Å². The summed E-state index contributed by atoms with van der Waals surface area (Å²) in [5.41, 5.74) is 6.86. The average Bonchev–Trinajstić information content (AvgIpc) is 3.18. The zero-order valence-electron chi connectivity index (χ0n) is 20.0. The van der Waals surface area contributed by atoms with Crippen molar-refractivity contribution >= 4 is 47.7 Å². The van der Waals surface area contributed by atoms with Gasteiger partial charge < -0.3 is 20.1 Å². The van der Waals surface area contributed by atoms with Gasteiger partial charge in [0.1, 0.15) is 6.04 Å². The number of aromatic nitrogens is 4. The number of aliphatic carboxylic acids is 1. The van der Waals surface area contributed by atoms with E-state index in [0.29, 0.717) is 29.9 Å². The molecule has 0 bridgehead atoms. The number of rotatable bonds is 13. The molecule has 2 aromatic rings. The van der Waals surface area contributed by atoms with E-state index in [0.717, 1.165) is 11.8 Å². The molecule has 1 aliphatic carbocycles. The number of nitrogens with two attached hydrogens (primary N) is 1. The first-order valence-corrected chi connectivity index (χ1v) is 13.7. The minimum absolute atomic E-state index is 0.00611. The van der Waals surface area contributed by atoms with Gasteiger partial charge in [-0.15, -0.1) is 0 Å². The fourth-order valence-electron chi connectivity index (χ4n) is 3.45. The summed E-state index contributed by atoms with van der Waals surface area (Å²) in [4.78, 5) is 35.6. The van der Waals surface area contributed by atoms with Crippen LogP contribution in [0.3, 0.4) is 0 Å². The van der Waals surface area contributed by atoms with E-state index in [4.69, 9.17) is 19.5 Å². The predicted molar refractivity (Wildman–Crippen MR) is 130 cm³/mol. The van der Waals surface area contributed by atoms with E-state index < -0.39 is 19.8 Å². The lowest BCUT2D eigenvalue weighted by atomic mass is 9.81. The van der Waals surface area contributed by atoms with Crippen LogP contribution in [0.2, 0.25) is 0 Å². The van der Waals surface area contributed by atoms with Crippen LogP contribution in [-0.4, -0.2) is 67.8 Å². The number of nitrogens with one attached hydrogen (secondary N) is 1. The summed E-state index contributed by atoms with van der Waals surface area (Å²) in [6.45, 7) is 5.01. The molecule has 1 saturated carbocycles. The number of thioether (sulfide) groups is 1. The summed E-state index contributed by atoms with van der Waals surface area (Å²) in [7, 11) is -2.43. The number of fused-ring (bicyclic) bond motifs is 1. The molecule has 0 saturated heterocycles. The van der Waals surface area contributed by atoms with Crippen molar-refractivity contribution in [2.45, 2.75) is 45.7 Å². The first-order chi connectivity index (χ1) is 16.5. The van der Waals surface area contributed by atoms with Crippen molar-refractivity contribution in [3.05, 3.63) is 6.33 Å². The third kappa shape index (κ3) is 6.91. The van der Waals surface area contributed by atoms with E-state index in [1.165, 1.54) is 14.0 Å². The van der Waals surface area contributed by atoms with Gasteiger partial charge in [0.05, 0.1) is 26.7 Å². The lowest BCUT2D eigenvalue weighted by Crippen LogP contribution is -2.34. The monoisotopic (exact) mass is 530 g/mol. The molecule has 2 heterocycles. The number of nitrogen functional groups attached to an aromatic ring is 1. The van der Waals surface area contributed by atoms with Gasteiger partial charge in [0.15, 0.2) is 16.3 Å². The highest BCUT2D eigenvalue weighted by molar-refractivity contribution is 8.13. The molecule has 2 atom stereocenters. The number of carboxylic acid groups (broad SMARTS) is 1. The molecule has 35 heavy (non-hydrogen) atoms. The van der Waals surface area contributed by atoms with Crippen molar-refractivity contribution in [3.63, 3.8) is 0 Å². The Hall–Kier alpha value is -2.25. The topological polar surface area (TPSA) is 181 Å². The van der Waals surface area contributed by atoms with Crippen LogP contribution in [0.25, 0.3) is 11.2 Å². The zero-order valence-corrected chi connectivity index (χ0v) is 21.8. The second-order valence-corrected chi connectivity index (χ2v) is 11.4. The molecule has 0 aromatic carbocycles. The van der Waals surface area contributed by atoms with Gasteiger partial charge in [0.25, 0.3) is 0 Å². The Balaban J connectivity index is 1.57. The maximum atomic E-state index is 13.2. The van der Waals surface area contributed by atoms with Gasteiger partial charge in [0.2, 0.25) is 11.8 Å². The lowest BCUT2D eigenvalue weighted by molar-refractivity contribution is -0.138. The van der Waals surface area contributed by atoms with Gasteiger partial charge in [0, 0.05) is 17.7 Å². The van der Waals surface area contributed by atoms with Gasteiger partial charge >= 0.3 is 13.7 Å². The number of imidazole rings is 1. The lowest BCUT2D eigenvalue weighted by Gasteiger charge is -2.36. The van der Waals surface area contributed by atoms with E-state index in [2.05, 4.69) is 20.0 Å². The maximum Gasteiger partial charge on any atom is 0.406 e. The Labute approximate surface area is 207 Å². The van der Waals surface area contributed by atoms with Crippen LogP contribution in [0.15, 0.2) is 6.33 Å². The summed E-state index contributed by atoms with van der Waals surface area (Å²) in [6, 6.07) is -1.06. The average molecular weight is 531 g/mol. The molecule has 3 rings (SSSR count). The molecule has 13 nitrogen and oxygen atoms in total. The predicted octanol–water partition coefficient (Wildman–Crippen LogP) is 2.49. The van der Waals surface area contributed by atoms with E-state index in [1.54, 1.807) is 20.2 Å². The maximum absolute atomic E-state index is 13.2. The highest BCUT2D eigenvalue weighted by atomic mass is 32.2. The fraction of sp³-hybridized carbons (Fsp3) is 0.650. The molecular formula is C20H31N6O7PS. The molecule has 1 fully saturated rings. The van der Waals surface area contributed by atoms with Gasteiger partial charge in [-0.05, 0) is 25.7 Å². The summed E-state index contributed by atoms with van der Waals surface area (Å²) in [6.07, 6.45) is 3.05. The summed E-state index contributed by atoms with van der Waals surface area (Å²) >= 11 is 1.07. The minimum atomic E-state index is -3.91. The van der Waals surface area contributed by atoms with Crippen LogP contribution in [0.4, 0.5) is 5.95 Å². The van der Waals surface area contributed by atoms with Crippen molar-refractivity contribution in [1.29, 1.82) is 0 Å². The zero-order chi connectivity index (χ0) is 25.8. The van der Waals surface area contributed by atoms with Gasteiger partial charge in [-0.25, -0.2) is 14.6 Å². The van der Waals surface area contributed by atoms with E-state index in [-0.39, 0.29) is 47.9 Å². The Morgan fingerprint density at radius 1 is 1.31 bits per heavy atom. The van der Waals surface area contributed by atoms with Crippen LogP contribution < -0.4 is 15.6 Å². The third-order valence-corrected chi connectivity index (χ3v) is 8.31. The second kappa shape index (κ2) is 11.7. The Bertz CT molecular complexity index is 1110. The highest BCUT2D eigenvalue weighted by Gasteiger charge is 2.36. The van der Waals surface area contributed by atoms with E-state index in [9.17, 15) is 19.3 Å². The molecular weight excluding hydrogens is 499 g/mol. The minimum Gasteiger partial charge on any atom is -0.480 e. The quantitative estimate of drug-likeness (QED) is 0.254. The summed E-state index contributed by atoms with van der Waals surface area (Å²) < 4.78 is 31.3. The first kappa shape index (κ1) is 27.3. The van der Waals surface area contributed by atoms with Crippen LogP contribution >= 0.6 is 19.5 Å². The number of carboxylic acids is 1. The van der Waals surface area contributed by atoms with Crippen LogP contribution in [0, 0.1) is 11.8 Å². The number of nitrogens with zero attached hydrogens (tertiary/aromatic N) is 4. The smallest absolute Gasteiger partial charge is 0.406 e. The highest BCUT2D eigenvalue weighted by Crippen LogP contribution is 2.48. The van der Waals surface area contributed by atoms with Gasteiger partial charge in [-0.2, -0.15) is 9.97 Å².